The molecule has 0 bridgehead atoms. The standard InChI is InChI=1S/C28H44N2O4/c1-16(2)24(29)25(32)30-19-7-10-26(3)18(14-19)5-6-22-21(26)8-11-27(4)20(9-12-28(22,27)33)17-13-23(31)34-15-17/h13,16,18-22,24,33H,5-12,14-15,29H2,1-4H3,(H,30,32)/t18-,19+,20-,21+,22-,24-,26+,27-,28+/m1/s1. The van der Waals surface area contributed by atoms with Crippen molar-refractivity contribution >= 4 is 11.9 Å². The summed E-state index contributed by atoms with van der Waals surface area (Å²) in [6.45, 7) is 9.14. The molecular weight excluding hydrogens is 428 g/mol. The molecule has 0 unspecified atom stereocenters. The third kappa shape index (κ3) is 3.49. The Bertz CT molecular complexity index is 886. The number of nitrogens with one attached hydrogen (secondary N) is 1. The number of esters is 1. The smallest absolute Gasteiger partial charge is 0.331 e. The number of hydrogen-bond donors (Lipinski definition) is 3. The van der Waals surface area contributed by atoms with Crippen molar-refractivity contribution in [1.29, 1.82) is 0 Å². The molecule has 190 valence electrons. The van der Waals surface area contributed by atoms with Crippen LogP contribution in [-0.4, -0.2) is 41.3 Å². The van der Waals surface area contributed by atoms with Crippen LogP contribution in [0, 0.1) is 40.4 Å². The van der Waals surface area contributed by atoms with Gasteiger partial charge < -0.3 is 20.9 Å². The SMILES string of the molecule is CC(C)[C@@H](N)C(=O)N[C@H]1CC[C@@]2(C)[C@H](CC[C@@H]3[C@@H]2CC[C@]2(C)[C@@H](C4=CC(=O)OC4)CC[C@]32O)C1. The van der Waals surface area contributed by atoms with E-state index in [0.717, 1.165) is 63.4 Å². The van der Waals surface area contributed by atoms with E-state index in [9.17, 15) is 14.7 Å². The van der Waals surface area contributed by atoms with E-state index in [4.69, 9.17) is 10.5 Å². The first-order valence-electron chi connectivity index (χ1n) is 13.6. The summed E-state index contributed by atoms with van der Waals surface area (Å²) < 4.78 is 5.24. The average Bonchev–Trinajstić information content (AvgIpc) is 3.33. The van der Waals surface area contributed by atoms with Crippen LogP contribution < -0.4 is 11.1 Å². The van der Waals surface area contributed by atoms with Gasteiger partial charge in [0.2, 0.25) is 5.91 Å². The normalized spacial score (nSPS) is 46.7. The molecular formula is C28H44N2O4. The predicted molar refractivity (Wildman–Crippen MR) is 130 cm³/mol. The van der Waals surface area contributed by atoms with E-state index in [-0.39, 0.29) is 40.6 Å². The quantitative estimate of drug-likeness (QED) is 0.542. The van der Waals surface area contributed by atoms with E-state index in [0.29, 0.717) is 24.4 Å². The topological polar surface area (TPSA) is 102 Å². The van der Waals surface area contributed by atoms with Gasteiger partial charge in [0, 0.05) is 17.5 Å². The van der Waals surface area contributed by atoms with Crippen LogP contribution in [0.1, 0.15) is 85.5 Å². The predicted octanol–water partition coefficient (Wildman–Crippen LogP) is 3.71. The largest absolute Gasteiger partial charge is 0.458 e. The van der Waals surface area contributed by atoms with Crippen molar-refractivity contribution in [3.63, 3.8) is 0 Å². The number of carbonyl (C=O) groups excluding carboxylic acids is 2. The zero-order chi connectivity index (χ0) is 24.5. The highest BCUT2D eigenvalue weighted by atomic mass is 16.5. The first-order valence-corrected chi connectivity index (χ1v) is 13.6. The molecule has 9 atom stereocenters. The fraction of sp³-hybridized carbons (Fsp3) is 0.857. The fourth-order valence-corrected chi connectivity index (χ4v) is 9.14. The molecule has 0 aromatic rings. The molecule has 4 aliphatic carbocycles. The molecule has 1 amide bonds. The van der Waals surface area contributed by atoms with Crippen molar-refractivity contribution < 1.29 is 19.4 Å². The number of ether oxygens (including phenoxy) is 1. The van der Waals surface area contributed by atoms with Gasteiger partial charge in [-0.3, -0.25) is 4.79 Å². The Morgan fingerprint density at radius 1 is 1.12 bits per heavy atom. The Morgan fingerprint density at radius 2 is 1.88 bits per heavy atom. The molecule has 4 N–H and O–H groups in total. The minimum absolute atomic E-state index is 0.0132. The molecule has 34 heavy (non-hydrogen) atoms. The lowest BCUT2D eigenvalue weighted by atomic mass is 9.43. The maximum absolute atomic E-state index is 12.6. The summed E-state index contributed by atoms with van der Waals surface area (Å²) >= 11 is 0. The molecule has 0 saturated heterocycles. The lowest BCUT2D eigenvalue weighted by molar-refractivity contribution is -0.205. The molecule has 1 heterocycles. The van der Waals surface area contributed by atoms with Crippen LogP contribution in [0.4, 0.5) is 0 Å². The number of fused-ring (bicyclic) bond motifs is 5. The summed E-state index contributed by atoms with van der Waals surface area (Å²) in [6, 6.07) is -0.230. The lowest BCUT2D eigenvalue weighted by Crippen LogP contribution is -2.63. The van der Waals surface area contributed by atoms with Gasteiger partial charge in [-0.2, -0.15) is 0 Å². The molecule has 4 saturated carbocycles. The highest BCUT2D eigenvalue weighted by Crippen LogP contribution is 2.69. The van der Waals surface area contributed by atoms with Crippen LogP contribution in [0.25, 0.3) is 0 Å². The number of carbonyl (C=O) groups is 2. The second kappa shape index (κ2) is 8.33. The monoisotopic (exact) mass is 472 g/mol. The molecule has 5 aliphatic rings. The molecule has 0 aromatic carbocycles. The molecule has 6 heteroatoms. The van der Waals surface area contributed by atoms with Gasteiger partial charge in [0.25, 0.3) is 0 Å². The van der Waals surface area contributed by atoms with Crippen molar-refractivity contribution in [2.45, 2.75) is 103 Å². The van der Waals surface area contributed by atoms with Crippen LogP contribution in [0.2, 0.25) is 0 Å². The molecule has 1 aliphatic heterocycles. The van der Waals surface area contributed by atoms with Gasteiger partial charge in [-0.1, -0.05) is 27.7 Å². The van der Waals surface area contributed by atoms with Crippen LogP contribution in [0.3, 0.4) is 0 Å². The van der Waals surface area contributed by atoms with Crippen molar-refractivity contribution in [3.05, 3.63) is 11.6 Å². The Balaban J connectivity index is 1.32. The summed E-state index contributed by atoms with van der Waals surface area (Å²) in [6.07, 6.45) is 10.9. The Morgan fingerprint density at radius 3 is 2.56 bits per heavy atom. The van der Waals surface area contributed by atoms with Crippen LogP contribution in [0.5, 0.6) is 0 Å². The molecule has 4 fully saturated rings. The third-order valence-electron chi connectivity index (χ3n) is 11.4. The van der Waals surface area contributed by atoms with E-state index in [2.05, 4.69) is 19.2 Å². The number of hydrogen-bond acceptors (Lipinski definition) is 5. The second-order valence-corrected chi connectivity index (χ2v) is 13.0. The van der Waals surface area contributed by atoms with Gasteiger partial charge in [-0.05, 0) is 98.4 Å². The minimum atomic E-state index is -0.670. The van der Waals surface area contributed by atoms with E-state index in [1.165, 1.54) is 0 Å². The first kappa shape index (κ1) is 24.3. The van der Waals surface area contributed by atoms with Gasteiger partial charge in [0.15, 0.2) is 0 Å². The van der Waals surface area contributed by atoms with Crippen molar-refractivity contribution in [2.75, 3.05) is 6.61 Å². The van der Waals surface area contributed by atoms with Gasteiger partial charge in [-0.25, -0.2) is 4.79 Å². The van der Waals surface area contributed by atoms with E-state index in [1.54, 1.807) is 6.08 Å². The molecule has 0 spiro atoms. The van der Waals surface area contributed by atoms with Gasteiger partial charge in [0.1, 0.15) is 6.61 Å². The minimum Gasteiger partial charge on any atom is -0.458 e. The fourth-order valence-electron chi connectivity index (χ4n) is 9.14. The third-order valence-corrected chi connectivity index (χ3v) is 11.4. The molecule has 5 rings (SSSR count). The highest BCUT2D eigenvalue weighted by molar-refractivity contribution is 5.85. The average molecular weight is 473 g/mol. The van der Waals surface area contributed by atoms with Crippen molar-refractivity contribution in [2.24, 2.45) is 46.2 Å². The highest BCUT2D eigenvalue weighted by Gasteiger charge is 2.67. The summed E-state index contributed by atoms with van der Waals surface area (Å²) in [5, 5.41) is 15.6. The Hall–Kier alpha value is -1.40. The summed E-state index contributed by atoms with van der Waals surface area (Å²) in [5.74, 6) is 1.56. The van der Waals surface area contributed by atoms with E-state index in [1.807, 2.05) is 13.8 Å². The van der Waals surface area contributed by atoms with Crippen molar-refractivity contribution in [1.82, 2.24) is 5.32 Å². The van der Waals surface area contributed by atoms with Crippen LogP contribution in [0.15, 0.2) is 11.6 Å². The first-order chi connectivity index (χ1) is 16.0. The summed E-state index contributed by atoms with van der Waals surface area (Å²) in [5.41, 5.74) is 6.55. The molecule has 0 radical (unpaired) electrons. The molecule has 6 nitrogen and oxygen atoms in total. The van der Waals surface area contributed by atoms with Gasteiger partial charge in [0.05, 0.1) is 11.6 Å². The maximum Gasteiger partial charge on any atom is 0.331 e. The van der Waals surface area contributed by atoms with E-state index >= 15 is 0 Å². The Kier molecular flexibility index (Phi) is 5.95. The molecule has 0 aromatic heterocycles. The zero-order valence-corrected chi connectivity index (χ0v) is 21.4. The number of aliphatic hydroxyl groups is 1. The van der Waals surface area contributed by atoms with E-state index < -0.39 is 11.6 Å². The van der Waals surface area contributed by atoms with Crippen LogP contribution in [-0.2, 0) is 14.3 Å². The number of amides is 1. The number of nitrogens with two attached hydrogens (primary N) is 1. The van der Waals surface area contributed by atoms with Crippen LogP contribution >= 0.6 is 0 Å². The number of rotatable bonds is 4. The Labute approximate surface area is 204 Å². The maximum atomic E-state index is 12.6. The lowest BCUT2D eigenvalue weighted by Gasteiger charge is -2.64. The summed E-state index contributed by atoms with van der Waals surface area (Å²) in [4.78, 5) is 24.3. The number of cyclic esters (lactones) is 1. The van der Waals surface area contributed by atoms with Gasteiger partial charge in [-0.15, -0.1) is 0 Å². The summed E-state index contributed by atoms with van der Waals surface area (Å²) in [7, 11) is 0. The zero-order valence-electron chi connectivity index (χ0n) is 21.4. The van der Waals surface area contributed by atoms with Gasteiger partial charge >= 0.3 is 5.97 Å². The second-order valence-electron chi connectivity index (χ2n) is 13.0. The van der Waals surface area contributed by atoms with Crippen molar-refractivity contribution in [3.8, 4) is 0 Å².